The summed E-state index contributed by atoms with van der Waals surface area (Å²) < 4.78 is 281. The number of hydrogen-bond donors (Lipinski definition) is 0. The van der Waals surface area contributed by atoms with Crippen LogP contribution in [0.3, 0.4) is 0 Å². The van der Waals surface area contributed by atoms with Gasteiger partial charge in [0.1, 0.15) is 11.5 Å². The second kappa shape index (κ2) is 45.1. The number of fused-ring (bicyclic) bond motifs is 2. The molecule has 0 saturated heterocycles. The molecule has 26 heteroatoms. The van der Waals surface area contributed by atoms with Gasteiger partial charge in [0.25, 0.3) is 40.5 Å². The average molecular weight is 1590 g/mol. The molecule has 0 bridgehead atoms. The molecule has 6 aromatic rings. The third-order valence-corrected chi connectivity index (χ3v) is 24.6. The van der Waals surface area contributed by atoms with Gasteiger partial charge >= 0.3 is 0 Å². The molecule has 0 N–H and O–H groups in total. The van der Waals surface area contributed by atoms with Gasteiger partial charge in [-0.15, -0.1) is 0 Å². The Hall–Kier alpha value is -5.48. The van der Waals surface area contributed by atoms with Gasteiger partial charge in [0.2, 0.25) is 34.8 Å². The maximum atomic E-state index is 16.8. The van der Waals surface area contributed by atoms with Gasteiger partial charge in [-0.1, -0.05) is 217 Å². The van der Waals surface area contributed by atoms with Crippen LogP contribution in [0.25, 0.3) is 32.7 Å². The Morgan fingerprint density at radius 2 is 0.505 bits per heavy atom. The standard InChI is InChI=1S/C80H110F8O14S4.CH4/c1-9-17-25-29-37-55(33-21-13-5)51-97-103(89,90)61-41-43-65-59(45-61)47-63(105(93,94)99-53-57(35-23-15-7)39-31-27-19-11-3)49-67(65)101-79-75(85)71(81)69(72(82)76(79)86)70-73(83)77(87)80(78(88)74(70)84)102-68-50-64(106(95,96)100-54-58(36-24-16-8)40-32-28-20-12-4)48-60-46-62(42-44-66(60)68)104(91,92)98-52-56(34-22-14-6)38-30-26-18-10-2;/h41-50,55-58H,9-40,51-54H2,1-8H3;1H4. The van der Waals surface area contributed by atoms with Gasteiger partial charge in [-0.25, -0.2) is 17.6 Å². The number of halogens is 8. The molecule has 4 unspecified atom stereocenters. The van der Waals surface area contributed by atoms with Crippen LogP contribution in [-0.4, -0.2) is 60.1 Å². The average Bonchev–Trinajstić information content (AvgIpc) is 0.755. The van der Waals surface area contributed by atoms with Gasteiger partial charge in [0.15, 0.2) is 23.3 Å². The monoisotopic (exact) mass is 1590 g/mol. The second-order valence-electron chi connectivity index (χ2n) is 28.1. The first-order valence-corrected chi connectivity index (χ1v) is 44.0. The topological polar surface area (TPSA) is 192 Å². The van der Waals surface area contributed by atoms with Crippen LogP contribution in [0.15, 0.2) is 80.2 Å². The number of ether oxygens (including phenoxy) is 2. The maximum absolute atomic E-state index is 16.8. The Kier molecular flexibility index (Phi) is 38.9. The molecule has 0 fully saturated rings. The molecule has 0 spiro atoms. The largest absolute Gasteiger partial charge is 0.450 e. The molecule has 107 heavy (non-hydrogen) atoms. The molecule has 6 rings (SSSR count). The maximum Gasteiger partial charge on any atom is 0.297 e. The molecule has 14 nitrogen and oxygen atoms in total. The minimum Gasteiger partial charge on any atom is -0.450 e. The first-order chi connectivity index (χ1) is 50.6. The summed E-state index contributed by atoms with van der Waals surface area (Å²) in [5.74, 6) is -27.4. The van der Waals surface area contributed by atoms with Gasteiger partial charge in [0.05, 0.1) is 57.1 Å². The van der Waals surface area contributed by atoms with Gasteiger partial charge in [-0.3, -0.25) is 16.7 Å². The highest BCUT2D eigenvalue weighted by Crippen LogP contribution is 2.46. The Morgan fingerprint density at radius 1 is 0.280 bits per heavy atom. The summed E-state index contributed by atoms with van der Waals surface area (Å²) in [5.41, 5.74) is -4.67. The number of hydrogen-bond acceptors (Lipinski definition) is 14. The summed E-state index contributed by atoms with van der Waals surface area (Å²) in [7, 11) is -19.0. The van der Waals surface area contributed by atoms with Crippen molar-refractivity contribution in [2.45, 2.75) is 288 Å². The van der Waals surface area contributed by atoms with Gasteiger partial charge in [0, 0.05) is 22.9 Å². The van der Waals surface area contributed by atoms with Crippen molar-refractivity contribution in [3.8, 4) is 34.1 Å². The fourth-order valence-corrected chi connectivity index (χ4v) is 17.2. The lowest BCUT2D eigenvalue weighted by atomic mass is 9.96. The van der Waals surface area contributed by atoms with E-state index < -0.39 is 141 Å². The molecule has 0 aliphatic heterocycles. The van der Waals surface area contributed by atoms with Crippen LogP contribution < -0.4 is 9.47 Å². The predicted molar refractivity (Wildman–Crippen MR) is 406 cm³/mol. The lowest BCUT2D eigenvalue weighted by molar-refractivity contribution is 0.230. The van der Waals surface area contributed by atoms with Gasteiger partial charge in [-0.2, -0.15) is 51.2 Å². The minimum absolute atomic E-state index is 0. The third-order valence-electron chi connectivity index (χ3n) is 19.6. The van der Waals surface area contributed by atoms with E-state index in [1.165, 1.54) is 0 Å². The third kappa shape index (κ3) is 26.3. The molecule has 0 radical (unpaired) electrons. The van der Waals surface area contributed by atoms with Crippen molar-refractivity contribution in [1.29, 1.82) is 0 Å². The Morgan fingerprint density at radius 3 is 0.748 bits per heavy atom. The van der Waals surface area contributed by atoms with Crippen LogP contribution in [0.2, 0.25) is 0 Å². The summed E-state index contributed by atoms with van der Waals surface area (Å²) in [6, 6.07) is 9.51. The van der Waals surface area contributed by atoms with E-state index in [9.17, 15) is 33.7 Å². The van der Waals surface area contributed by atoms with Crippen LogP contribution in [0.5, 0.6) is 23.0 Å². The summed E-state index contributed by atoms with van der Waals surface area (Å²) in [6.45, 7) is 15.2. The van der Waals surface area contributed by atoms with Gasteiger partial charge < -0.3 is 9.47 Å². The van der Waals surface area contributed by atoms with E-state index in [2.05, 4.69) is 13.8 Å². The number of rotatable bonds is 53. The minimum atomic E-state index is -4.90. The van der Waals surface area contributed by atoms with E-state index in [0.29, 0.717) is 63.5 Å². The molecule has 0 saturated carbocycles. The zero-order valence-corrected chi connectivity index (χ0v) is 66.2. The van der Waals surface area contributed by atoms with Crippen LogP contribution in [-0.2, 0) is 57.2 Å². The second-order valence-corrected chi connectivity index (χ2v) is 34.6. The van der Waals surface area contributed by atoms with E-state index in [1.54, 1.807) is 0 Å². The van der Waals surface area contributed by atoms with Gasteiger partial charge in [-0.05, 0) is 134 Å². The zero-order chi connectivity index (χ0) is 77.8. The predicted octanol–water partition coefficient (Wildman–Crippen LogP) is 24.9. The zero-order valence-electron chi connectivity index (χ0n) is 62.9. The van der Waals surface area contributed by atoms with Crippen LogP contribution in [0.1, 0.15) is 268 Å². The Balaban J connectivity index is 0.0000205. The molecule has 0 aliphatic carbocycles. The fraction of sp³-hybridized carbons (Fsp3) is 0.605. The van der Waals surface area contributed by atoms with Crippen LogP contribution >= 0.6 is 0 Å². The van der Waals surface area contributed by atoms with Crippen molar-refractivity contribution in [2.24, 2.45) is 23.7 Å². The van der Waals surface area contributed by atoms with Crippen molar-refractivity contribution in [3.05, 3.63) is 107 Å². The van der Waals surface area contributed by atoms with E-state index in [4.69, 9.17) is 26.2 Å². The molecular formula is C81H114F8O14S4. The lowest BCUT2D eigenvalue weighted by Crippen LogP contribution is -2.16. The Bertz CT molecular complexity index is 3940. The van der Waals surface area contributed by atoms with Crippen molar-refractivity contribution in [2.75, 3.05) is 26.4 Å². The first-order valence-electron chi connectivity index (χ1n) is 38.4. The van der Waals surface area contributed by atoms with Crippen molar-refractivity contribution in [3.63, 3.8) is 0 Å². The number of unbranched alkanes of at least 4 members (excludes halogenated alkanes) is 16. The van der Waals surface area contributed by atoms with E-state index >= 15 is 35.1 Å². The Labute approximate surface area is 632 Å². The van der Waals surface area contributed by atoms with Crippen molar-refractivity contribution >= 4 is 62.0 Å². The van der Waals surface area contributed by atoms with Crippen molar-refractivity contribution < 1.29 is 95.0 Å². The van der Waals surface area contributed by atoms with Crippen LogP contribution in [0.4, 0.5) is 35.1 Å². The molecule has 0 heterocycles. The highest BCUT2D eigenvalue weighted by atomic mass is 32.2. The van der Waals surface area contributed by atoms with E-state index in [1.807, 2.05) is 41.5 Å². The molecule has 0 aromatic heterocycles. The summed E-state index contributed by atoms with van der Waals surface area (Å²) in [4.78, 5) is -2.49. The lowest BCUT2D eigenvalue weighted by Gasteiger charge is -2.19. The van der Waals surface area contributed by atoms with E-state index in [-0.39, 0.29) is 79.1 Å². The smallest absolute Gasteiger partial charge is 0.297 e. The number of benzene rings is 6. The summed E-state index contributed by atoms with van der Waals surface area (Å²) in [5, 5.41) is -1.16. The molecular weight excluding hydrogens is 1480 g/mol. The van der Waals surface area contributed by atoms with E-state index in [0.717, 1.165) is 203 Å². The quantitative estimate of drug-likeness (QED) is 0.0152. The summed E-state index contributed by atoms with van der Waals surface area (Å²) >= 11 is 0. The first kappa shape index (κ1) is 92.1. The molecule has 4 atom stereocenters. The highest BCUT2D eigenvalue weighted by molar-refractivity contribution is 7.87. The SMILES string of the molecule is C.CCCCCCC(CCCC)COS(=O)(=O)c1ccc2c(Oc3c(F)c(F)c(-c4c(F)c(F)c(Oc5cc(S(=O)(=O)OCC(CCCC)CCCCCC)cc6cc(S(=O)(=O)OCC(CCCC)CCCCCC)ccc56)c(F)c4F)c(F)c3F)cc(S(=O)(=O)OCC(CCCC)CCCCCC)cc2c1. The van der Waals surface area contributed by atoms with Crippen LogP contribution in [0, 0.1) is 70.2 Å². The molecule has 602 valence electrons. The summed E-state index contributed by atoms with van der Waals surface area (Å²) in [6.07, 6.45) is 26.2. The molecule has 0 aliphatic rings. The van der Waals surface area contributed by atoms with Crippen molar-refractivity contribution in [1.82, 2.24) is 0 Å². The fourth-order valence-electron chi connectivity index (χ4n) is 13.1. The highest BCUT2D eigenvalue weighted by Gasteiger charge is 2.37. The normalized spacial score (nSPS) is 13.5. The molecule has 0 amide bonds. The molecule has 6 aromatic carbocycles.